The van der Waals surface area contributed by atoms with Crippen molar-refractivity contribution < 1.29 is 9.59 Å². The molecule has 0 radical (unpaired) electrons. The standard InChI is InChI=1S/C28H35N5O2/c1-20(2)13-22-9-11-25(12-10-22)21(3)28(35)29-15-26-19-33(31-30-26)18-24-14-27(34)32(17-24)16-23-7-5-4-6-8-23/h4-12,19-21,24H,13-18H2,1-3H3,(H,29,35). The quantitative estimate of drug-likeness (QED) is 0.484. The van der Waals surface area contributed by atoms with Crippen LogP contribution in [0.1, 0.15) is 55.5 Å². The van der Waals surface area contributed by atoms with Crippen LogP contribution in [0.25, 0.3) is 0 Å². The van der Waals surface area contributed by atoms with Crippen LogP contribution in [0, 0.1) is 11.8 Å². The molecule has 3 aromatic rings. The van der Waals surface area contributed by atoms with E-state index in [1.165, 1.54) is 5.56 Å². The van der Waals surface area contributed by atoms with E-state index in [0.29, 0.717) is 44.2 Å². The summed E-state index contributed by atoms with van der Waals surface area (Å²) in [6.07, 6.45) is 3.42. The van der Waals surface area contributed by atoms with Gasteiger partial charge >= 0.3 is 0 Å². The van der Waals surface area contributed by atoms with Gasteiger partial charge in [0.2, 0.25) is 11.8 Å². The minimum absolute atomic E-state index is 0.0332. The molecule has 4 rings (SSSR count). The Hall–Kier alpha value is -3.48. The smallest absolute Gasteiger partial charge is 0.227 e. The molecule has 1 saturated heterocycles. The molecular formula is C28H35N5O2. The van der Waals surface area contributed by atoms with Gasteiger partial charge in [0, 0.05) is 32.0 Å². The highest BCUT2D eigenvalue weighted by Crippen LogP contribution is 2.22. The Bertz CT molecular complexity index is 1120. The van der Waals surface area contributed by atoms with Gasteiger partial charge in [-0.3, -0.25) is 14.3 Å². The summed E-state index contributed by atoms with van der Waals surface area (Å²) in [5.41, 5.74) is 4.15. The molecule has 0 aliphatic carbocycles. The number of rotatable bonds is 10. The van der Waals surface area contributed by atoms with E-state index < -0.39 is 0 Å². The number of likely N-dealkylation sites (tertiary alicyclic amines) is 1. The Morgan fingerprint density at radius 3 is 2.51 bits per heavy atom. The van der Waals surface area contributed by atoms with Crippen LogP contribution in [0.2, 0.25) is 0 Å². The predicted octanol–water partition coefficient (Wildman–Crippen LogP) is 3.95. The van der Waals surface area contributed by atoms with Crippen LogP contribution in [0.5, 0.6) is 0 Å². The van der Waals surface area contributed by atoms with Crippen LogP contribution >= 0.6 is 0 Å². The zero-order chi connectivity index (χ0) is 24.8. The highest BCUT2D eigenvalue weighted by molar-refractivity contribution is 5.83. The molecule has 2 amide bonds. The van der Waals surface area contributed by atoms with Gasteiger partial charge in [0.15, 0.2) is 0 Å². The van der Waals surface area contributed by atoms with E-state index in [0.717, 1.165) is 17.5 Å². The van der Waals surface area contributed by atoms with Crippen molar-refractivity contribution in [2.24, 2.45) is 11.8 Å². The lowest BCUT2D eigenvalue weighted by molar-refractivity contribution is -0.128. The summed E-state index contributed by atoms with van der Waals surface area (Å²) < 4.78 is 1.78. The van der Waals surface area contributed by atoms with Gasteiger partial charge in [-0.05, 0) is 36.0 Å². The molecule has 35 heavy (non-hydrogen) atoms. The molecule has 1 fully saturated rings. The van der Waals surface area contributed by atoms with Crippen molar-refractivity contribution in [3.8, 4) is 0 Å². The van der Waals surface area contributed by atoms with Gasteiger partial charge in [0.05, 0.1) is 18.7 Å². The molecule has 2 heterocycles. The number of hydrogen-bond donors (Lipinski definition) is 1. The number of benzene rings is 2. The van der Waals surface area contributed by atoms with E-state index in [1.807, 2.05) is 60.5 Å². The average molecular weight is 474 g/mol. The van der Waals surface area contributed by atoms with Gasteiger partial charge in [-0.2, -0.15) is 0 Å². The second-order valence-corrected chi connectivity index (χ2v) is 10.0. The highest BCUT2D eigenvalue weighted by Gasteiger charge is 2.30. The summed E-state index contributed by atoms with van der Waals surface area (Å²) in [6, 6.07) is 18.4. The van der Waals surface area contributed by atoms with Crippen LogP contribution in [-0.2, 0) is 35.6 Å². The van der Waals surface area contributed by atoms with Gasteiger partial charge in [-0.15, -0.1) is 5.10 Å². The lowest BCUT2D eigenvalue weighted by Crippen LogP contribution is -2.27. The summed E-state index contributed by atoms with van der Waals surface area (Å²) in [5.74, 6) is 0.719. The maximum Gasteiger partial charge on any atom is 0.227 e. The lowest BCUT2D eigenvalue weighted by Gasteiger charge is -2.16. The molecule has 0 spiro atoms. The van der Waals surface area contributed by atoms with Crippen molar-refractivity contribution in [1.82, 2.24) is 25.2 Å². The number of aromatic nitrogens is 3. The summed E-state index contributed by atoms with van der Waals surface area (Å²) >= 11 is 0. The second kappa shape index (κ2) is 11.3. The molecular weight excluding hydrogens is 438 g/mol. The Morgan fingerprint density at radius 2 is 1.80 bits per heavy atom. The Morgan fingerprint density at radius 1 is 1.06 bits per heavy atom. The number of nitrogens with one attached hydrogen (secondary N) is 1. The van der Waals surface area contributed by atoms with Gasteiger partial charge in [-0.25, -0.2) is 0 Å². The van der Waals surface area contributed by atoms with E-state index in [4.69, 9.17) is 0 Å². The normalized spacial score (nSPS) is 16.6. The molecule has 1 aliphatic rings. The molecule has 2 unspecified atom stereocenters. The first-order valence-electron chi connectivity index (χ1n) is 12.4. The number of carbonyl (C=O) groups is 2. The zero-order valence-corrected chi connectivity index (χ0v) is 20.9. The van der Waals surface area contributed by atoms with E-state index >= 15 is 0 Å². The SMILES string of the molecule is CC(C)Cc1ccc(C(C)C(=O)NCc2cn(CC3CC(=O)N(Cc4ccccc4)C3)nn2)cc1. The van der Waals surface area contributed by atoms with Crippen LogP contribution in [0.4, 0.5) is 0 Å². The van der Waals surface area contributed by atoms with Gasteiger partial charge in [-0.1, -0.05) is 73.7 Å². The van der Waals surface area contributed by atoms with Crippen molar-refractivity contribution in [3.05, 3.63) is 83.2 Å². The van der Waals surface area contributed by atoms with E-state index in [2.05, 4.69) is 41.6 Å². The molecule has 1 N–H and O–H groups in total. The fraction of sp³-hybridized carbons (Fsp3) is 0.429. The maximum absolute atomic E-state index is 12.7. The third-order valence-corrected chi connectivity index (χ3v) is 6.50. The average Bonchev–Trinajstić information content (AvgIpc) is 3.43. The topological polar surface area (TPSA) is 80.1 Å². The molecule has 2 atom stereocenters. The lowest BCUT2D eigenvalue weighted by atomic mass is 9.96. The summed E-state index contributed by atoms with van der Waals surface area (Å²) in [6.45, 7) is 8.65. The van der Waals surface area contributed by atoms with E-state index in [-0.39, 0.29) is 23.7 Å². The largest absolute Gasteiger partial charge is 0.350 e. The van der Waals surface area contributed by atoms with E-state index in [1.54, 1.807) is 4.68 Å². The molecule has 1 aliphatic heterocycles. The molecule has 0 saturated carbocycles. The van der Waals surface area contributed by atoms with Crippen LogP contribution in [-0.4, -0.2) is 38.3 Å². The van der Waals surface area contributed by atoms with Crippen LogP contribution in [0.15, 0.2) is 60.8 Å². The molecule has 0 bridgehead atoms. The first kappa shape index (κ1) is 24.6. The fourth-order valence-electron chi connectivity index (χ4n) is 4.60. The van der Waals surface area contributed by atoms with Crippen molar-refractivity contribution in [3.63, 3.8) is 0 Å². The minimum atomic E-state index is -0.238. The van der Waals surface area contributed by atoms with Crippen molar-refractivity contribution in [1.29, 1.82) is 0 Å². The van der Waals surface area contributed by atoms with Crippen molar-refractivity contribution >= 4 is 11.8 Å². The summed E-state index contributed by atoms with van der Waals surface area (Å²) in [5, 5.41) is 11.4. The molecule has 7 nitrogen and oxygen atoms in total. The Balaban J connectivity index is 1.24. The van der Waals surface area contributed by atoms with Gasteiger partial charge < -0.3 is 10.2 Å². The summed E-state index contributed by atoms with van der Waals surface area (Å²) in [7, 11) is 0. The number of nitrogens with zero attached hydrogens (tertiary/aromatic N) is 4. The van der Waals surface area contributed by atoms with E-state index in [9.17, 15) is 9.59 Å². The summed E-state index contributed by atoms with van der Waals surface area (Å²) in [4.78, 5) is 27.0. The maximum atomic E-state index is 12.7. The first-order chi connectivity index (χ1) is 16.9. The Labute approximate surface area is 207 Å². The van der Waals surface area contributed by atoms with Crippen LogP contribution < -0.4 is 5.32 Å². The number of hydrogen-bond acceptors (Lipinski definition) is 4. The van der Waals surface area contributed by atoms with Gasteiger partial charge in [0.1, 0.15) is 5.69 Å². The van der Waals surface area contributed by atoms with Crippen molar-refractivity contribution in [2.75, 3.05) is 6.54 Å². The van der Waals surface area contributed by atoms with Gasteiger partial charge in [0.25, 0.3) is 0 Å². The monoisotopic (exact) mass is 473 g/mol. The number of carbonyl (C=O) groups excluding carboxylic acids is 2. The Kier molecular flexibility index (Phi) is 7.95. The zero-order valence-electron chi connectivity index (χ0n) is 20.9. The van der Waals surface area contributed by atoms with Crippen LogP contribution in [0.3, 0.4) is 0 Å². The number of amides is 2. The second-order valence-electron chi connectivity index (χ2n) is 10.0. The third kappa shape index (κ3) is 6.78. The molecule has 184 valence electrons. The predicted molar refractivity (Wildman–Crippen MR) is 135 cm³/mol. The molecule has 7 heteroatoms. The van der Waals surface area contributed by atoms with Crippen molar-refractivity contribution in [2.45, 2.75) is 59.2 Å². The fourth-order valence-corrected chi connectivity index (χ4v) is 4.60. The first-order valence-corrected chi connectivity index (χ1v) is 12.4. The molecule has 1 aromatic heterocycles. The minimum Gasteiger partial charge on any atom is -0.350 e. The highest BCUT2D eigenvalue weighted by atomic mass is 16.2. The third-order valence-electron chi connectivity index (χ3n) is 6.50. The molecule has 2 aromatic carbocycles.